The molecule has 0 amide bonds. The van der Waals surface area contributed by atoms with Crippen LogP contribution in [0.5, 0.6) is 17.2 Å². The summed E-state index contributed by atoms with van der Waals surface area (Å²) in [6.07, 6.45) is 0. The van der Waals surface area contributed by atoms with E-state index in [1.807, 2.05) is 18.2 Å². The first-order valence-corrected chi connectivity index (χ1v) is 14.8. The van der Waals surface area contributed by atoms with Crippen LogP contribution in [-0.2, 0) is 69.4 Å². The number of ether oxygens (including phenoxy) is 7. The predicted octanol–water partition coefficient (Wildman–Crippen LogP) is 7.75. The van der Waals surface area contributed by atoms with Crippen LogP contribution >= 0.6 is 0 Å². The highest BCUT2D eigenvalue weighted by molar-refractivity contribution is 5.48. The highest BCUT2D eigenvalue weighted by Crippen LogP contribution is 2.35. The smallest absolute Gasteiger partial charge is 0.147 e. The Morgan fingerprint density at radius 3 is 1.09 bits per heavy atom. The van der Waals surface area contributed by atoms with Crippen LogP contribution in [0.2, 0.25) is 0 Å². The fourth-order valence-corrected chi connectivity index (χ4v) is 5.36. The predicted molar refractivity (Wildman–Crippen MR) is 168 cm³/mol. The number of benzene rings is 3. The average molecular weight is 593 g/mol. The normalized spacial score (nSPS) is 15.5. The van der Waals surface area contributed by atoms with Gasteiger partial charge in [0.05, 0.1) is 61.0 Å². The van der Waals surface area contributed by atoms with Crippen molar-refractivity contribution in [1.29, 1.82) is 0 Å². The molecule has 234 valence electrons. The lowest BCUT2D eigenvalue weighted by Gasteiger charge is -2.24. The molecule has 0 fully saturated rings. The standard InChI is InChI=1S/C36H48O7/c1-35(2,3)30-13-26-19-40-17-24-11-10-12-25(32(24)37-7)18-41-20-27-14-31(36(4,5)6)16-29(34(27)39-9)22-43-23-42-21-28(15-30)33(26)38-8/h10-16H,17-23H2,1-9H3. The van der Waals surface area contributed by atoms with E-state index >= 15 is 0 Å². The highest BCUT2D eigenvalue weighted by atomic mass is 16.7. The zero-order chi connectivity index (χ0) is 31.2. The van der Waals surface area contributed by atoms with Crippen LogP contribution in [0.4, 0.5) is 0 Å². The van der Waals surface area contributed by atoms with E-state index in [0.29, 0.717) is 39.6 Å². The van der Waals surface area contributed by atoms with Gasteiger partial charge in [0.2, 0.25) is 0 Å². The number of hydrogen-bond donors (Lipinski definition) is 0. The molecule has 1 heterocycles. The van der Waals surface area contributed by atoms with Crippen molar-refractivity contribution in [2.45, 2.75) is 92.0 Å². The van der Waals surface area contributed by atoms with Crippen molar-refractivity contribution in [2.75, 3.05) is 28.1 Å². The van der Waals surface area contributed by atoms with Gasteiger partial charge in [-0.3, -0.25) is 0 Å². The summed E-state index contributed by atoms with van der Waals surface area (Å²) in [5, 5.41) is 0. The van der Waals surface area contributed by atoms with E-state index in [1.54, 1.807) is 21.3 Å². The molecule has 0 unspecified atom stereocenters. The third-order valence-corrected chi connectivity index (χ3v) is 7.72. The Balaban J connectivity index is 1.74. The van der Waals surface area contributed by atoms with Gasteiger partial charge in [0.1, 0.15) is 24.0 Å². The van der Waals surface area contributed by atoms with Crippen LogP contribution in [0, 0.1) is 0 Å². The highest BCUT2D eigenvalue weighted by Gasteiger charge is 2.22. The molecular formula is C36H48O7. The van der Waals surface area contributed by atoms with Crippen LogP contribution in [-0.4, -0.2) is 28.1 Å². The quantitative estimate of drug-likeness (QED) is 0.308. The second-order valence-electron chi connectivity index (χ2n) is 13.1. The van der Waals surface area contributed by atoms with Crippen molar-refractivity contribution < 1.29 is 33.2 Å². The summed E-state index contributed by atoms with van der Waals surface area (Å²) in [5.41, 5.74) is 8.00. The molecule has 0 spiro atoms. The van der Waals surface area contributed by atoms with Gasteiger partial charge in [0, 0.05) is 33.4 Å². The van der Waals surface area contributed by atoms with E-state index in [1.165, 1.54) is 11.1 Å². The fraction of sp³-hybridized carbons (Fsp3) is 0.500. The second kappa shape index (κ2) is 14.1. The molecule has 0 saturated carbocycles. The molecule has 4 rings (SSSR count). The first-order valence-electron chi connectivity index (χ1n) is 14.8. The molecule has 0 aliphatic carbocycles. The number of para-hydroxylation sites is 1. The van der Waals surface area contributed by atoms with Crippen LogP contribution in [0.15, 0.2) is 42.5 Å². The molecule has 43 heavy (non-hydrogen) atoms. The zero-order valence-corrected chi connectivity index (χ0v) is 27.3. The van der Waals surface area contributed by atoms with Crippen molar-refractivity contribution in [2.24, 2.45) is 0 Å². The van der Waals surface area contributed by atoms with E-state index in [2.05, 4.69) is 65.8 Å². The van der Waals surface area contributed by atoms with Crippen molar-refractivity contribution in [3.05, 3.63) is 87.0 Å². The van der Waals surface area contributed by atoms with Crippen molar-refractivity contribution in [3.8, 4) is 17.2 Å². The van der Waals surface area contributed by atoms with Crippen LogP contribution in [0.25, 0.3) is 0 Å². The Morgan fingerprint density at radius 2 is 0.767 bits per heavy atom. The van der Waals surface area contributed by atoms with Crippen LogP contribution in [0.3, 0.4) is 0 Å². The van der Waals surface area contributed by atoms with Gasteiger partial charge in [-0.1, -0.05) is 59.7 Å². The molecule has 7 heteroatoms. The van der Waals surface area contributed by atoms with Gasteiger partial charge >= 0.3 is 0 Å². The number of rotatable bonds is 3. The molecule has 6 bridgehead atoms. The molecule has 1 aliphatic heterocycles. The largest absolute Gasteiger partial charge is 0.496 e. The summed E-state index contributed by atoms with van der Waals surface area (Å²) in [4.78, 5) is 0. The van der Waals surface area contributed by atoms with Crippen molar-refractivity contribution in [1.82, 2.24) is 0 Å². The summed E-state index contributed by atoms with van der Waals surface area (Å²) in [6, 6.07) is 14.7. The minimum atomic E-state index is -0.0656. The number of hydrogen-bond acceptors (Lipinski definition) is 7. The van der Waals surface area contributed by atoms with Gasteiger partial charge < -0.3 is 33.2 Å². The van der Waals surface area contributed by atoms with E-state index in [-0.39, 0.29) is 17.6 Å². The maximum Gasteiger partial charge on any atom is 0.147 e. The van der Waals surface area contributed by atoms with Gasteiger partial charge in [0.15, 0.2) is 0 Å². The van der Waals surface area contributed by atoms with Crippen LogP contribution < -0.4 is 14.2 Å². The molecule has 0 aromatic heterocycles. The van der Waals surface area contributed by atoms with Gasteiger partial charge in [-0.2, -0.15) is 0 Å². The first kappa shape index (κ1) is 32.8. The zero-order valence-electron chi connectivity index (χ0n) is 27.3. The Labute approximate surface area is 257 Å². The molecule has 1 aliphatic rings. The lowest BCUT2D eigenvalue weighted by molar-refractivity contribution is -0.0697. The van der Waals surface area contributed by atoms with Gasteiger partial charge in [-0.15, -0.1) is 0 Å². The molecule has 3 aromatic carbocycles. The number of fused-ring (bicyclic) bond motifs is 6. The van der Waals surface area contributed by atoms with Gasteiger partial charge in [0.25, 0.3) is 0 Å². The average Bonchev–Trinajstić information content (AvgIpc) is 2.95. The number of methoxy groups -OCH3 is 3. The second-order valence-corrected chi connectivity index (χ2v) is 13.1. The van der Waals surface area contributed by atoms with Gasteiger partial charge in [-0.05, 0) is 46.2 Å². The third kappa shape index (κ3) is 8.09. The van der Waals surface area contributed by atoms with Crippen molar-refractivity contribution in [3.63, 3.8) is 0 Å². The minimum absolute atomic E-state index is 0.0656. The van der Waals surface area contributed by atoms with E-state index in [0.717, 1.165) is 50.6 Å². The molecule has 0 saturated heterocycles. The molecule has 0 radical (unpaired) electrons. The maximum atomic E-state index is 6.27. The summed E-state index contributed by atoms with van der Waals surface area (Å²) >= 11 is 0. The minimum Gasteiger partial charge on any atom is -0.496 e. The lowest BCUT2D eigenvalue weighted by atomic mass is 9.84. The molecule has 7 nitrogen and oxygen atoms in total. The van der Waals surface area contributed by atoms with E-state index in [4.69, 9.17) is 33.2 Å². The lowest BCUT2D eigenvalue weighted by Crippen LogP contribution is -2.15. The summed E-state index contributed by atoms with van der Waals surface area (Å²) < 4.78 is 42.3. The molecule has 0 atom stereocenters. The Kier molecular flexibility index (Phi) is 10.8. The van der Waals surface area contributed by atoms with Gasteiger partial charge in [-0.25, -0.2) is 0 Å². The van der Waals surface area contributed by atoms with Crippen molar-refractivity contribution >= 4 is 0 Å². The summed E-state index contributed by atoms with van der Waals surface area (Å²) in [5.74, 6) is 2.30. The Bertz CT molecular complexity index is 1280. The molecular weight excluding hydrogens is 544 g/mol. The monoisotopic (exact) mass is 592 g/mol. The molecule has 0 N–H and O–H groups in total. The summed E-state index contributed by atoms with van der Waals surface area (Å²) in [7, 11) is 5.06. The van der Waals surface area contributed by atoms with Crippen LogP contribution in [0.1, 0.15) is 86.1 Å². The fourth-order valence-electron chi connectivity index (χ4n) is 5.36. The maximum absolute atomic E-state index is 6.27. The van der Waals surface area contributed by atoms with E-state index in [9.17, 15) is 0 Å². The van der Waals surface area contributed by atoms with E-state index < -0.39 is 0 Å². The Morgan fingerprint density at radius 1 is 0.465 bits per heavy atom. The summed E-state index contributed by atoms with van der Waals surface area (Å²) in [6.45, 7) is 15.5. The third-order valence-electron chi connectivity index (χ3n) is 7.72. The topological polar surface area (TPSA) is 64.6 Å². The SMILES string of the molecule is COc1c2cc(C(C)(C)C)cc1COCc1cccc(c1OC)COCc1cc(C(C)(C)C)cc(c1OC)COCOC2. The first-order chi connectivity index (χ1) is 20.5. The molecule has 3 aromatic rings. The Hall–Kier alpha value is -3.10.